The van der Waals surface area contributed by atoms with Crippen molar-refractivity contribution in [3.8, 4) is 5.75 Å². The molecule has 1 saturated carbocycles. The molecule has 2 unspecified atom stereocenters. The minimum Gasteiger partial charge on any atom is -0.508 e. The Balaban J connectivity index is 2.41. The maximum Gasteiger partial charge on any atom is 0.408 e. The van der Waals surface area contributed by atoms with Crippen LogP contribution < -0.4 is 10.6 Å². The maximum absolute atomic E-state index is 13.9. The van der Waals surface area contributed by atoms with Crippen LogP contribution in [-0.2, 0) is 14.3 Å². The molecule has 4 N–H and O–H groups in total. The summed E-state index contributed by atoms with van der Waals surface area (Å²) < 4.78 is 5.37. The summed E-state index contributed by atoms with van der Waals surface area (Å²) in [4.78, 5) is 41.3. The van der Waals surface area contributed by atoms with Gasteiger partial charge in [0.05, 0.1) is 6.61 Å². The SMILES string of the molecule is CC(C)CC(NC(=O)OC(C)(C)C)C(=O)N(CCO)C(C(=O)NC1CCCCC1)c1cccc(O)c1. The van der Waals surface area contributed by atoms with Crippen molar-refractivity contribution in [2.75, 3.05) is 13.2 Å². The molecular weight excluding hydrogens is 462 g/mol. The van der Waals surface area contributed by atoms with Gasteiger partial charge in [-0.3, -0.25) is 9.59 Å². The Morgan fingerprint density at radius 2 is 1.81 bits per heavy atom. The number of aromatic hydroxyl groups is 1. The van der Waals surface area contributed by atoms with E-state index in [1.807, 2.05) is 13.8 Å². The summed E-state index contributed by atoms with van der Waals surface area (Å²) in [7, 11) is 0. The number of carbonyl (C=O) groups excluding carboxylic acids is 3. The maximum atomic E-state index is 13.9. The second-order valence-electron chi connectivity index (χ2n) is 10.9. The minimum absolute atomic E-state index is 0.00323. The number of phenolic OH excluding ortho intramolecular Hbond substituents is 1. The van der Waals surface area contributed by atoms with E-state index in [0.717, 1.165) is 32.1 Å². The van der Waals surface area contributed by atoms with Crippen molar-refractivity contribution in [1.29, 1.82) is 0 Å². The van der Waals surface area contributed by atoms with Crippen molar-refractivity contribution in [3.05, 3.63) is 29.8 Å². The molecule has 36 heavy (non-hydrogen) atoms. The standard InChI is InChI=1S/C27H43N3O6/c1-18(2)16-22(29-26(35)36-27(3,4)5)25(34)30(14-15-31)23(19-10-9-13-21(32)17-19)24(33)28-20-11-7-6-8-12-20/h9-10,13,17-18,20,22-23,31-32H,6-8,11-12,14-16H2,1-5H3,(H,28,33)(H,29,35). The third-order valence-electron chi connectivity index (χ3n) is 6.02. The Hall–Kier alpha value is -2.81. The smallest absolute Gasteiger partial charge is 0.408 e. The first kappa shape index (κ1) is 29.4. The highest BCUT2D eigenvalue weighted by molar-refractivity contribution is 5.92. The van der Waals surface area contributed by atoms with E-state index in [1.165, 1.54) is 17.0 Å². The molecule has 0 aromatic heterocycles. The van der Waals surface area contributed by atoms with Gasteiger partial charge < -0.3 is 30.5 Å². The van der Waals surface area contributed by atoms with Crippen LogP contribution in [0.4, 0.5) is 4.79 Å². The lowest BCUT2D eigenvalue weighted by atomic mass is 9.94. The number of benzene rings is 1. The topological polar surface area (TPSA) is 128 Å². The van der Waals surface area contributed by atoms with E-state index in [4.69, 9.17) is 4.74 Å². The second-order valence-corrected chi connectivity index (χ2v) is 10.9. The van der Waals surface area contributed by atoms with Gasteiger partial charge in [0.2, 0.25) is 11.8 Å². The fourth-order valence-electron chi connectivity index (χ4n) is 4.51. The third kappa shape index (κ3) is 9.33. The van der Waals surface area contributed by atoms with Crippen molar-refractivity contribution in [3.63, 3.8) is 0 Å². The molecule has 0 saturated heterocycles. The second kappa shape index (κ2) is 13.5. The van der Waals surface area contributed by atoms with E-state index in [1.54, 1.807) is 32.9 Å². The van der Waals surface area contributed by atoms with Crippen LogP contribution in [0.15, 0.2) is 24.3 Å². The van der Waals surface area contributed by atoms with Gasteiger partial charge in [-0.1, -0.05) is 45.2 Å². The average Bonchev–Trinajstić information content (AvgIpc) is 2.77. The largest absolute Gasteiger partial charge is 0.508 e. The van der Waals surface area contributed by atoms with Crippen LogP contribution in [0.1, 0.15) is 84.7 Å². The fraction of sp³-hybridized carbons (Fsp3) is 0.667. The molecule has 2 atom stereocenters. The van der Waals surface area contributed by atoms with E-state index in [9.17, 15) is 24.6 Å². The zero-order chi connectivity index (χ0) is 26.9. The predicted octanol–water partition coefficient (Wildman–Crippen LogP) is 3.64. The molecule has 1 fully saturated rings. The number of phenols is 1. The van der Waals surface area contributed by atoms with Crippen LogP contribution in [0.5, 0.6) is 5.75 Å². The Morgan fingerprint density at radius 3 is 2.36 bits per heavy atom. The average molecular weight is 506 g/mol. The molecule has 1 aromatic rings. The molecule has 0 radical (unpaired) electrons. The summed E-state index contributed by atoms with van der Waals surface area (Å²) >= 11 is 0. The lowest BCUT2D eigenvalue weighted by molar-refractivity contribution is -0.143. The van der Waals surface area contributed by atoms with E-state index in [-0.39, 0.29) is 36.8 Å². The van der Waals surface area contributed by atoms with Crippen molar-refractivity contribution in [2.45, 2.75) is 96.9 Å². The van der Waals surface area contributed by atoms with Gasteiger partial charge in [0.25, 0.3) is 0 Å². The number of aliphatic hydroxyl groups excluding tert-OH is 1. The molecular formula is C27H43N3O6. The molecule has 2 rings (SSSR count). The first-order chi connectivity index (χ1) is 16.9. The number of alkyl carbamates (subject to hydrolysis) is 1. The van der Waals surface area contributed by atoms with Gasteiger partial charge in [-0.25, -0.2) is 4.79 Å². The van der Waals surface area contributed by atoms with Gasteiger partial charge in [0, 0.05) is 12.6 Å². The number of nitrogens with one attached hydrogen (secondary N) is 2. The van der Waals surface area contributed by atoms with Crippen LogP contribution in [-0.4, -0.2) is 63.9 Å². The number of nitrogens with zero attached hydrogens (tertiary/aromatic N) is 1. The first-order valence-electron chi connectivity index (χ1n) is 12.9. The van der Waals surface area contributed by atoms with E-state index in [2.05, 4.69) is 10.6 Å². The molecule has 9 nitrogen and oxygen atoms in total. The number of rotatable bonds is 10. The van der Waals surface area contributed by atoms with Gasteiger partial charge >= 0.3 is 6.09 Å². The van der Waals surface area contributed by atoms with Gasteiger partial charge in [-0.15, -0.1) is 0 Å². The molecule has 0 aliphatic heterocycles. The molecule has 202 valence electrons. The Kier molecular flexibility index (Phi) is 11.0. The number of aliphatic hydroxyl groups is 1. The summed E-state index contributed by atoms with van der Waals surface area (Å²) in [6, 6.07) is 4.16. The fourth-order valence-corrected chi connectivity index (χ4v) is 4.51. The Bertz CT molecular complexity index is 877. The normalized spacial score (nSPS) is 16.2. The number of hydrogen-bond acceptors (Lipinski definition) is 6. The van der Waals surface area contributed by atoms with Crippen molar-refractivity contribution in [1.82, 2.24) is 15.5 Å². The lowest BCUT2D eigenvalue weighted by Gasteiger charge is -2.35. The first-order valence-corrected chi connectivity index (χ1v) is 12.9. The summed E-state index contributed by atoms with van der Waals surface area (Å²) in [6.45, 7) is 8.55. The van der Waals surface area contributed by atoms with Gasteiger partial charge in [-0.05, 0) is 63.6 Å². The van der Waals surface area contributed by atoms with Crippen molar-refractivity contribution in [2.24, 2.45) is 5.92 Å². The van der Waals surface area contributed by atoms with Crippen LogP contribution in [0, 0.1) is 5.92 Å². The van der Waals surface area contributed by atoms with E-state index < -0.39 is 29.7 Å². The van der Waals surface area contributed by atoms with Gasteiger partial charge in [0.1, 0.15) is 23.4 Å². The summed E-state index contributed by atoms with van der Waals surface area (Å²) in [5, 5.41) is 25.7. The molecule has 9 heteroatoms. The van der Waals surface area contributed by atoms with Crippen molar-refractivity contribution < 1.29 is 29.3 Å². The Labute approximate surface area is 214 Å². The monoisotopic (exact) mass is 505 g/mol. The zero-order valence-electron chi connectivity index (χ0n) is 22.3. The highest BCUT2D eigenvalue weighted by Crippen LogP contribution is 2.27. The highest BCUT2D eigenvalue weighted by atomic mass is 16.6. The number of carbonyl (C=O) groups is 3. The zero-order valence-corrected chi connectivity index (χ0v) is 22.3. The minimum atomic E-state index is -1.09. The van der Waals surface area contributed by atoms with Crippen LogP contribution >= 0.6 is 0 Å². The van der Waals surface area contributed by atoms with Crippen LogP contribution in [0.3, 0.4) is 0 Å². The Morgan fingerprint density at radius 1 is 1.14 bits per heavy atom. The van der Waals surface area contributed by atoms with E-state index >= 15 is 0 Å². The highest BCUT2D eigenvalue weighted by Gasteiger charge is 2.37. The summed E-state index contributed by atoms with van der Waals surface area (Å²) in [5.41, 5.74) is -0.324. The molecule has 0 heterocycles. The van der Waals surface area contributed by atoms with Gasteiger partial charge in [0.15, 0.2) is 0 Å². The molecule has 1 aromatic carbocycles. The number of hydrogen-bond donors (Lipinski definition) is 4. The molecule has 1 aliphatic carbocycles. The molecule has 3 amide bonds. The third-order valence-corrected chi connectivity index (χ3v) is 6.02. The van der Waals surface area contributed by atoms with Gasteiger partial charge in [-0.2, -0.15) is 0 Å². The predicted molar refractivity (Wildman–Crippen MR) is 137 cm³/mol. The summed E-state index contributed by atoms with van der Waals surface area (Å²) in [6.07, 6.45) is 4.49. The van der Waals surface area contributed by atoms with Crippen molar-refractivity contribution >= 4 is 17.9 Å². The quantitative estimate of drug-likeness (QED) is 0.384. The molecule has 1 aliphatic rings. The lowest BCUT2D eigenvalue weighted by Crippen LogP contribution is -2.54. The van der Waals surface area contributed by atoms with E-state index in [0.29, 0.717) is 12.0 Å². The molecule has 0 spiro atoms. The molecule has 0 bridgehead atoms. The number of amides is 3. The van der Waals surface area contributed by atoms with Crippen LogP contribution in [0.25, 0.3) is 0 Å². The number of ether oxygens (including phenoxy) is 1. The van der Waals surface area contributed by atoms with Crippen LogP contribution in [0.2, 0.25) is 0 Å². The summed E-state index contributed by atoms with van der Waals surface area (Å²) in [5.74, 6) is -0.865.